The van der Waals surface area contributed by atoms with Crippen molar-refractivity contribution in [2.45, 2.75) is 12.8 Å². The molecule has 1 nitrogen and oxygen atoms in total. The van der Waals surface area contributed by atoms with Crippen molar-refractivity contribution in [3.63, 3.8) is 0 Å². The summed E-state index contributed by atoms with van der Waals surface area (Å²) in [4.78, 5) is 0. The average molecular weight is 342 g/mol. The summed E-state index contributed by atoms with van der Waals surface area (Å²) in [5.41, 5.74) is 1.40. The number of halogens is 1. The minimum atomic E-state index is 0. The largest absolute Gasteiger partial charge is 2.00 e. The van der Waals surface area contributed by atoms with Crippen molar-refractivity contribution in [3.8, 4) is 5.75 Å². The van der Waals surface area contributed by atoms with Crippen LogP contribution in [0, 0.1) is 0 Å². The van der Waals surface area contributed by atoms with Gasteiger partial charge in [0.05, 0.1) is 7.11 Å². The smallest absolute Gasteiger partial charge is 0.497 e. The summed E-state index contributed by atoms with van der Waals surface area (Å²) in [6.07, 6.45) is 2.43. The topological polar surface area (TPSA) is 9.23 Å². The molecule has 0 aliphatic rings. The molecule has 0 N–H and O–H groups in total. The van der Waals surface area contributed by atoms with Crippen molar-refractivity contribution in [3.05, 3.63) is 29.8 Å². The van der Waals surface area contributed by atoms with Crippen molar-refractivity contribution in [2.24, 2.45) is 0 Å². The molecule has 0 bridgehead atoms. The Morgan fingerprint density at radius 1 is 1.23 bits per heavy atom. The minimum absolute atomic E-state index is 0. The second kappa shape index (κ2) is 7.75. The van der Waals surface area contributed by atoms with E-state index in [2.05, 4.69) is 34.7 Å². The molecule has 0 unspecified atom stereocenters. The Kier molecular flexibility index (Phi) is 7.97. The molecule has 0 fully saturated rings. The molecule has 0 aliphatic carbocycles. The third-order valence-electron chi connectivity index (χ3n) is 1.76. The molecule has 13 heavy (non-hydrogen) atoms. The van der Waals surface area contributed by atoms with Crippen LogP contribution in [0.2, 0.25) is 0 Å². The number of hydrogen-bond acceptors (Lipinski definition) is 1. The van der Waals surface area contributed by atoms with Gasteiger partial charge in [-0.3, -0.25) is 0 Å². The third-order valence-corrected chi connectivity index (χ3v) is 2.52. The minimum Gasteiger partial charge on any atom is -0.497 e. The Morgan fingerprint density at radius 2 is 1.85 bits per heavy atom. The van der Waals surface area contributed by atoms with Gasteiger partial charge in [0.25, 0.3) is 0 Å². The van der Waals surface area contributed by atoms with Gasteiger partial charge >= 0.3 is 19.5 Å². The molecule has 0 spiro atoms. The number of aryl methyl sites for hydroxylation is 1. The van der Waals surface area contributed by atoms with Crippen LogP contribution in [-0.4, -0.2) is 11.5 Å². The first kappa shape index (κ1) is 13.4. The monoisotopic (exact) mass is 340 g/mol. The number of ether oxygens (including phenoxy) is 1. The summed E-state index contributed by atoms with van der Waals surface area (Å²) in [5, 5.41) is 0. The molecule has 66 valence electrons. The standard InChI is InChI=1S/C10H13IO.Zn/c1-12-10-6-4-9(5-7-10)3-2-8-11;/h4-7H,2-3,8H2,1H3;/q;+2. The van der Waals surface area contributed by atoms with Crippen molar-refractivity contribution in [2.75, 3.05) is 11.5 Å². The maximum absolute atomic E-state index is 5.07. The normalized spacial score (nSPS) is 9.08. The second-order valence-electron chi connectivity index (χ2n) is 2.64. The van der Waals surface area contributed by atoms with Gasteiger partial charge in [-0.15, -0.1) is 0 Å². The predicted octanol–water partition coefficient (Wildman–Crippen LogP) is 3.06. The summed E-state index contributed by atoms with van der Waals surface area (Å²) in [5.74, 6) is 0.938. The van der Waals surface area contributed by atoms with Crippen LogP contribution in [0.5, 0.6) is 5.75 Å². The molecular weight excluding hydrogens is 328 g/mol. The Labute approximate surface area is 106 Å². The van der Waals surface area contributed by atoms with Crippen LogP contribution in [0.1, 0.15) is 12.0 Å². The first-order chi connectivity index (χ1) is 5.86. The van der Waals surface area contributed by atoms with Gasteiger partial charge in [0.1, 0.15) is 5.75 Å². The van der Waals surface area contributed by atoms with Gasteiger partial charge in [-0.2, -0.15) is 0 Å². The fourth-order valence-corrected chi connectivity index (χ4v) is 1.44. The molecule has 1 aromatic carbocycles. The molecule has 0 aromatic heterocycles. The van der Waals surface area contributed by atoms with Gasteiger partial charge in [0.2, 0.25) is 0 Å². The molecule has 1 rings (SSSR count). The maximum Gasteiger partial charge on any atom is 2.00 e. The van der Waals surface area contributed by atoms with E-state index in [0.29, 0.717) is 0 Å². The SMILES string of the molecule is COc1ccc(CCCI)cc1.[Zn+2]. The van der Waals surface area contributed by atoms with E-state index in [9.17, 15) is 0 Å². The second-order valence-corrected chi connectivity index (χ2v) is 3.72. The zero-order valence-corrected chi connectivity index (χ0v) is 13.0. The van der Waals surface area contributed by atoms with Crippen LogP contribution in [-0.2, 0) is 25.9 Å². The number of benzene rings is 1. The van der Waals surface area contributed by atoms with Crippen LogP contribution in [0.3, 0.4) is 0 Å². The third kappa shape index (κ3) is 4.97. The Morgan fingerprint density at radius 3 is 2.31 bits per heavy atom. The molecular formula is C10H13IOZn+2. The Balaban J connectivity index is 0.00000144. The van der Waals surface area contributed by atoms with E-state index in [1.165, 1.54) is 22.8 Å². The molecule has 0 amide bonds. The van der Waals surface area contributed by atoms with E-state index >= 15 is 0 Å². The van der Waals surface area contributed by atoms with E-state index in [-0.39, 0.29) is 19.5 Å². The molecule has 0 saturated heterocycles. The first-order valence-electron chi connectivity index (χ1n) is 4.05. The van der Waals surface area contributed by atoms with Gasteiger partial charge in [-0.25, -0.2) is 0 Å². The number of hydrogen-bond donors (Lipinski definition) is 0. The zero-order valence-electron chi connectivity index (χ0n) is 7.92. The van der Waals surface area contributed by atoms with E-state index in [4.69, 9.17) is 4.74 Å². The molecule has 3 heteroatoms. The molecule has 0 aliphatic heterocycles. The first-order valence-corrected chi connectivity index (χ1v) is 5.58. The van der Waals surface area contributed by atoms with Crippen LogP contribution in [0.25, 0.3) is 0 Å². The van der Waals surface area contributed by atoms with E-state index in [0.717, 1.165) is 5.75 Å². The molecule has 0 saturated carbocycles. The average Bonchev–Trinajstić information content (AvgIpc) is 2.15. The quantitative estimate of drug-likeness (QED) is 0.465. The van der Waals surface area contributed by atoms with Gasteiger partial charge in [0, 0.05) is 0 Å². The van der Waals surface area contributed by atoms with Gasteiger partial charge < -0.3 is 4.74 Å². The summed E-state index contributed by atoms with van der Waals surface area (Å²) < 4.78 is 6.30. The fraction of sp³-hybridized carbons (Fsp3) is 0.400. The van der Waals surface area contributed by atoms with E-state index < -0.39 is 0 Å². The van der Waals surface area contributed by atoms with Crippen molar-refractivity contribution < 1.29 is 24.2 Å². The van der Waals surface area contributed by atoms with E-state index in [1.54, 1.807) is 7.11 Å². The Bertz CT molecular complexity index is 223. The van der Waals surface area contributed by atoms with Crippen molar-refractivity contribution in [1.29, 1.82) is 0 Å². The van der Waals surface area contributed by atoms with Crippen LogP contribution in [0.4, 0.5) is 0 Å². The molecule has 1 aromatic rings. The summed E-state index contributed by atoms with van der Waals surface area (Å²) in [7, 11) is 1.69. The van der Waals surface area contributed by atoms with Crippen LogP contribution >= 0.6 is 22.6 Å². The van der Waals surface area contributed by atoms with Gasteiger partial charge in [0.15, 0.2) is 0 Å². The molecule has 0 heterocycles. The summed E-state index contributed by atoms with van der Waals surface area (Å²) >= 11 is 2.40. The number of alkyl halides is 1. The molecule has 0 atom stereocenters. The summed E-state index contributed by atoms with van der Waals surface area (Å²) in [6, 6.07) is 8.29. The van der Waals surface area contributed by atoms with Crippen molar-refractivity contribution in [1.82, 2.24) is 0 Å². The number of rotatable bonds is 4. The zero-order chi connectivity index (χ0) is 8.81. The Hall–Kier alpha value is 0.373. The maximum atomic E-state index is 5.07. The van der Waals surface area contributed by atoms with Gasteiger partial charge in [-0.1, -0.05) is 34.7 Å². The van der Waals surface area contributed by atoms with Crippen LogP contribution < -0.4 is 4.74 Å². The molecule has 0 radical (unpaired) electrons. The van der Waals surface area contributed by atoms with Crippen LogP contribution in [0.15, 0.2) is 24.3 Å². The fourth-order valence-electron chi connectivity index (χ4n) is 1.06. The van der Waals surface area contributed by atoms with E-state index in [1.807, 2.05) is 12.1 Å². The number of methoxy groups -OCH3 is 1. The summed E-state index contributed by atoms with van der Waals surface area (Å²) in [6.45, 7) is 0. The van der Waals surface area contributed by atoms with Crippen molar-refractivity contribution >= 4 is 22.6 Å². The predicted molar refractivity (Wildman–Crippen MR) is 60.2 cm³/mol. The van der Waals surface area contributed by atoms with Gasteiger partial charge in [-0.05, 0) is 35.0 Å².